The van der Waals surface area contributed by atoms with E-state index >= 15 is 0 Å². The van der Waals surface area contributed by atoms with E-state index in [-0.39, 0.29) is 5.91 Å². The molecule has 0 aliphatic heterocycles. The monoisotopic (exact) mass is 259 g/mol. The molecular weight excluding hydrogens is 242 g/mol. The van der Waals surface area contributed by atoms with Gasteiger partial charge in [-0.1, -0.05) is 30.3 Å². The molecule has 0 aromatic heterocycles. The standard InChI is InChI=1S/C14H17N3O2/c1-10(14(19)17(2)3)16-13(18)12(9-15)11-7-5-4-6-8-11/h4-8,10,12H,1-3H3,(H,16,18). The number of carbonyl (C=O) groups is 2. The molecule has 0 aliphatic carbocycles. The van der Waals surface area contributed by atoms with E-state index in [0.717, 1.165) is 0 Å². The third kappa shape index (κ3) is 3.81. The average molecular weight is 259 g/mol. The van der Waals surface area contributed by atoms with Crippen molar-refractivity contribution in [2.24, 2.45) is 0 Å². The lowest BCUT2D eigenvalue weighted by molar-refractivity contribution is -0.134. The van der Waals surface area contributed by atoms with Gasteiger partial charge in [0, 0.05) is 14.1 Å². The van der Waals surface area contributed by atoms with Crippen LogP contribution in [-0.2, 0) is 9.59 Å². The normalized spacial score (nSPS) is 12.9. The van der Waals surface area contributed by atoms with Crippen molar-refractivity contribution in [1.82, 2.24) is 10.2 Å². The molecular formula is C14H17N3O2. The van der Waals surface area contributed by atoms with Crippen LogP contribution in [0, 0.1) is 11.3 Å². The highest BCUT2D eigenvalue weighted by molar-refractivity contribution is 5.91. The fraction of sp³-hybridized carbons (Fsp3) is 0.357. The van der Waals surface area contributed by atoms with Gasteiger partial charge >= 0.3 is 0 Å². The first kappa shape index (κ1) is 14.7. The fourth-order valence-corrected chi connectivity index (χ4v) is 1.68. The topological polar surface area (TPSA) is 73.2 Å². The van der Waals surface area contributed by atoms with E-state index in [0.29, 0.717) is 5.56 Å². The Hall–Kier alpha value is -2.35. The lowest BCUT2D eigenvalue weighted by Crippen LogP contribution is -2.45. The Labute approximate surface area is 112 Å². The SMILES string of the molecule is CC(NC(=O)C(C#N)c1ccccc1)C(=O)N(C)C. The Morgan fingerprint density at radius 3 is 2.32 bits per heavy atom. The maximum absolute atomic E-state index is 12.0. The molecule has 1 aromatic rings. The van der Waals surface area contributed by atoms with E-state index in [1.54, 1.807) is 45.3 Å². The quantitative estimate of drug-likeness (QED) is 0.872. The third-order valence-corrected chi connectivity index (χ3v) is 2.69. The van der Waals surface area contributed by atoms with Crippen molar-refractivity contribution in [2.75, 3.05) is 14.1 Å². The van der Waals surface area contributed by atoms with E-state index < -0.39 is 17.9 Å². The van der Waals surface area contributed by atoms with Gasteiger partial charge in [-0.3, -0.25) is 9.59 Å². The van der Waals surface area contributed by atoms with Crippen LogP contribution in [0.1, 0.15) is 18.4 Å². The summed E-state index contributed by atoms with van der Waals surface area (Å²) in [6.45, 7) is 1.60. The summed E-state index contributed by atoms with van der Waals surface area (Å²) in [7, 11) is 3.23. The van der Waals surface area contributed by atoms with Gasteiger partial charge in [0.05, 0.1) is 6.07 Å². The minimum Gasteiger partial charge on any atom is -0.347 e. The minimum atomic E-state index is -0.904. The van der Waals surface area contributed by atoms with Crippen LogP contribution in [0.2, 0.25) is 0 Å². The predicted molar refractivity (Wildman–Crippen MR) is 71.1 cm³/mol. The molecule has 0 heterocycles. The first-order valence-electron chi connectivity index (χ1n) is 5.93. The molecule has 0 saturated carbocycles. The molecule has 0 spiro atoms. The van der Waals surface area contributed by atoms with Crippen molar-refractivity contribution >= 4 is 11.8 Å². The largest absolute Gasteiger partial charge is 0.347 e. The van der Waals surface area contributed by atoms with Crippen molar-refractivity contribution in [3.05, 3.63) is 35.9 Å². The Morgan fingerprint density at radius 1 is 1.26 bits per heavy atom. The van der Waals surface area contributed by atoms with E-state index in [9.17, 15) is 9.59 Å². The highest BCUT2D eigenvalue weighted by Crippen LogP contribution is 2.14. The zero-order chi connectivity index (χ0) is 14.4. The molecule has 1 rings (SSSR count). The smallest absolute Gasteiger partial charge is 0.244 e. The second-order valence-electron chi connectivity index (χ2n) is 4.44. The zero-order valence-electron chi connectivity index (χ0n) is 11.3. The van der Waals surface area contributed by atoms with Crippen molar-refractivity contribution in [2.45, 2.75) is 18.9 Å². The minimum absolute atomic E-state index is 0.210. The summed E-state index contributed by atoms with van der Waals surface area (Å²) in [5.74, 6) is -1.58. The van der Waals surface area contributed by atoms with Gasteiger partial charge in [-0.15, -0.1) is 0 Å². The summed E-state index contributed by atoms with van der Waals surface area (Å²) in [5, 5.41) is 11.7. The van der Waals surface area contributed by atoms with Crippen molar-refractivity contribution in [3.8, 4) is 6.07 Å². The number of nitriles is 1. The van der Waals surface area contributed by atoms with Gasteiger partial charge < -0.3 is 10.2 Å². The molecule has 5 nitrogen and oxygen atoms in total. The van der Waals surface area contributed by atoms with Crippen LogP contribution >= 0.6 is 0 Å². The number of nitrogens with zero attached hydrogens (tertiary/aromatic N) is 2. The first-order chi connectivity index (χ1) is 8.97. The number of benzene rings is 1. The van der Waals surface area contributed by atoms with Gasteiger partial charge in [-0.25, -0.2) is 0 Å². The van der Waals surface area contributed by atoms with E-state index in [2.05, 4.69) is 5.32 Å². The molecule has 1 aromatic carbocycles. The molecule has 2 amide bonds. The van der Waals surface area contributed by atoms with Crippen LogP contribution in [0.15, 0.2) is 30.3 Å². The number of hydrogen-bond acceptors (Lipinski definition) is 3. The second kappa shape index (κ2) is 6.55. The summed E-state index contributed by atoms with van der Waals surface area (Å²) in [6, 6.07) is 10.1. The van der Waals surface area contributed by atoms with Gasteiger partial charge in [0.25, 0.3) is 0 Å². The van der Waals surface area contributed by atoms with Gasteiger partial charge in [-0.2, -0.15) is 5.26 Å². The van der Waals surface area contributed by atoms with Crippen molar-refractivity contribution < 1.29 is 9.59 Å². The van der Waals surface area contributed by atoms with Gasteiger partial charge in [0.1, 0.15) is 12.0 Å². The molecule has 1 N–H and O–H groups in total. The Bertz CT molecular complexity index is 491. The lowest BCUT2D eigenvalue weighted by Gasteiger charge is -2.19. The van der Waals surface area contributed by atoms with Gasteiger partial charge in [-0.05, 0) is 12.5 Å². The second-order valence-corrected chi connectivity index (χ2v) is 4.44. The number of nitrogens with one attached hydrogen (secondary N) is 1. The molecule has 2 unspecified atom stereocenters. The molecule has 5 heteroatoms. The number of amides is 2. The summed E-state index contributed by atoms with van der Waals surface area (Å²) in [4.78, 5) is 25.1. The predicted octanol–water partition coefficient (Wildman–Crippen LogP) is 0.887. The molecule has 100 valence electrons. The third-order valence-electron chi connectivity index (χ3n) is 2.69. The number of rotatable bonds is 4. The lowest BCUT2D eigenvalue weighted by atomic mass is 9.99. The Morgan fingerprint density at radius 2 is 1.84 bits per heavy atom. The summed E-state index contributed by atoms with van der Waals surface area (Å²) < 4.78 is 0. The molecule has 19 heavy (non-hydrogen) atoms. The van der Waals surface area contributed by atoms with Crippen LogP contribution in [0.4, 0.5) is 0 Å². The van der Waals surface area contributed by atoms with Crippen LogP contribution in [0.25, 0.3) is 0 Å². The van der Waals surface area contributed by atoms with Crippen molar-refractivity contribution in [1.29, 1.82) is 5.26 Å². The highest BCUT2D eigenvalue weighted by atomic mass is 16.2. The number of likely N-dealkylation sites (N-methyl/N-ethyl adjacent to an activating group) is 1. The maximum Gasteiger partial charge on any atom is 0.244 e. The summed E-state index contributed by atoms with van der Waals surface area (Å²) >= 11 is 0. The van der Waals surface area contributed by atoms with Crippen LogP contribution < -0.4 is 5.32 Å². The van der Waals surface area contributed by atoms with Gasteiger partial charge in [0.15, 0.2) is 0 Å². The fourth-order valence-electron chi connectivity index (χ4n) is 1.68. The van der Waals surface area contributed by atoms with Crippen LogP contribution in [0.3, 0.4) is 0 Å². The highest BCUT2D eigenvalue weighted by Gasteiger charge is 2.24. The molecule has 0 saturated heterocycles. The van der Waals surface area contributed by atoms with Gasteiger partial charge in [0.2, 0.25) is 11.8 Å². The number of carbonyl (C=O) groups excluding carboxylic acids is 2. The zero-order valence-corrected chi connectivity index (χ0v) is 11.3. The first-order valence-corrected chi connectivity index (χ1v) is 5.93. The molecule has 0 bridgehead atoms. The molecule has 0 radical (unpaired) electrons. The van der Waals surface area contributed by atoms with Crippen LogP contribution in [-0.4, -0.2) is 36.9 Å². The molecule has 0 fully saturated rings. The van der Waals surface area contributed by atoms with E-state index in [1.165, 1.54) is 4.90 Å². The Kier molecular flexibility index (Phi) is 5.07. The molecule has 2 atom stereocenters. The number of hydrogen-bond donors (Lipinski definition) is 1. The van der Waals surface area contributed by atoms with E-state index in [1.807, 2.05) is 12.1 Å². The van der Waals surface area contributed by atoms with E-state index in [4.69, 9.17) is 5.26 Å². The summed E-state index contributed by atoms with van der Waals surface area (Å²) in [6.07, 6.45) is 0. The summed E-state index contributed by atoms with van der Waals surface area (Å²) in [5.41, 5.74) is 0.618. The molecule has 0 aliphatic rings. The Balaban J connectivity index is 2.77. The average Bonchev–Trinajstić information content (AvgIpc) is 2.39. The van der Waals surface area contributed by atoms with Crippen LogP contribution in [0.5, 0.6) is 0 Å². The van der Waals surface area contributed by atoms with Crippen molar-refractivity contribution in [3.63, 3.8) is 0 Å². The maximum atomic E-state index is 12.0.